The standard InChI is InChI=1S/C15H15IN2O3/c1-10(15(19)18-17)20-12-6-8-14(9-7-12)21-13-4-2-11(16)3-5-13/h2-10H,17H2,1H3,(H,18,19)/t10-/m1/s1. The lowest BCUT2D eigenvalue weighted by atomic mass is 10.3. The van der Waals surface area contributed by atoms with E-state index in [1.165, 1.54) is 0 Å². The average Bonchev–Trinajstić information content (AvgIpc) is 2.50. The van der Waals surface area contributed by atoms with Gasteiger partial charge in [-0.3, -0.25) is 10.2 Å². The van der Waals surface area contributed by atoms with E-state index in [4.69, 9.17) is 15.3 Å². The molecule has 0 aliphatic heterocycles. The number of nitrogens with two attached hydrogens (primary N) is 1. The van der Waals surface area contributed by atoms with Gasteiger partial charge in [0, 0.05) is 3.57 Å². The van der Waals surface area contributed by atoms with Crippen LogP contribution in [0.5, 0.6) is 17.2 Å². The van der Waals surface area contributed by atoms with Crippen molar-refractivity contribution in [3.05, 3.63) is 52.1 Å². The second-order valence-electron chi connectivity index (χ2n) is 4.30. The van der Waals surface area contributed by atoms with Gasteiger partial charge in [-0.1, -0.05) is 0 Å². The van der Waals surface area contributed by atoms with Crippen LogP contribution >= 0.6 is 22.6 Å². The van der Waals surface area contributed by atoms with E-state index in [0.717, 1.165) is 9.32 Å². The first-order valence-electron chi connectivity index (χ1n) is 6.29. The highest BCUT2D eigenvalue weighted by Crippen LogP contribution is 2.24. The summed E-state index contributed by atoms with van der Waals surface area (Å²) in [5.41, 5.74) is 2.04. The maximum Gasteiger partial charge on any atom is 0.274 e. The van der Waals surface area contributed by atoms with Gasteiger partial charge in [0.25, 0.3) is 5.91 Å². The van der Waals surface area contributed by atoms with E-state index >= 15 is 0 Å². The van der Waals surface area contributed by atoms with E-state index in [1.807, 2.05) is 29.7 Å². The van der Waals surface area contributed by atoms with Crippen molar-refractivity contribution in [3.63, 3.8) is 0 Å². The van der Waals surface area contributed by atoms with Crippen LogP contribution in [0.2, 0.25) is 0 Å². The normalized spacial score (nSPS) is 11.6. The molecule has 21 heavy (non-hydrogen) atoms. The third kappa shape index (κ3) is 4.61. The number of ether oxygens (including phenoxy) is 2. The summed E-state index contributed by atoms with van der Waals surface area (Å²) in [6.45, 7) is 1.62. The molecule has 5 nitrogen and oxygen atoms in total. The van der Waals surface area contributed by atoms with Crippen molar-refractivity contribution in [2.75, 3.05) is 0 Å². The molecule has 2 rings (SSSR count). The van der Waals surface area contributed by atoms with Crippen LogP contribution in [-0.2, 0) is 4.79 Å². The van der Waals surface area contributed by atoms with Crippen LogP contribution in [0.15, 0.2) is 48.5 Å². The molecule has 1 amide bonds. The summed E-state index contributed by atoms with van der Waals surface area (Å²) >= 11 is 2.24. The maximum atomic E-state index is 11.3. The predicted molar refractivity (Wildman–Crippen MR) is 88.1 cm³/mol. The minimum atomic E-state index is -0.655. The Morgan fingerprint density at radius 2 is 1.52 bits per heavy atom. The number of carbonyl (C=O) groups excluding carboxylic acids is 1. The van der Waals surface area contributed by atoms with Crippen molar-refractivity contribution in [1.82, 2.24) is 5.43 Å². The van der Waals surface area contributed by atoms with E-state index in [0.29, 0.717) is 11.5 Å². The molecule has 0 aromatic heterocycles. The first-order valence-corrected chi connectivity index (χ1v) is 7.37. The van der Waals surface area contributed by atoms with Crippen LogP contribution in [0.3, 0.4) is 0 Å². The van der Waals surface area contributed by atoms with E-state index in [1.54, 1.807) is 31.2 Å². The molecule has 0 saturated heterocycles. The lowest BCUT2D eigenvalue weighted by Crippen LogP contribution is -2.40. The molecule has 2 aromatic carbocycles. The Balaban J connectivity index is 1.98. The topological polar surface area (TPSA) is 73.6 Å². The van der Waals surface area contributed by atoms with Crippen molar-refractivity contribution in [1.29, 1.82) is 0 Å². The number of rotatable bonds is 5. The number of hydrogen-bond acceptors (Lipinski definition) is 4. The number of hydrazine groups is 1. The molecular formula is C15H15IN2O3. The van der Waals surface area contributed by atoms with E-state index in [2.05, 4.69) is 22.6 Å². The highest BCUT2D eigenvalue weighted by Gasteiger charge is 2.12. The fourth-order valence-corrected chi connectivity index (χ4v) is 1.96. The molecule has 1 atom stereocenters. The molecule has 0 unspecified atom stereocenters. The molecule has 0 aliphatic carbocycles. The molecule has 0 bridgehead atoms. The van der Waals surface area contributed by atoms with Crippen LogP contribution in [0.4, 0.5) is 0 Å². The second-order valence-corrected chi connectivity index (χ2v) is 5.54. The molecule has 6 heteroatoms. The van der Waals surface area contributed by atoms with Gasteiger partial charge in [0.2, 0.25) is 0 Å². The van der Waals surface area contributed by atoms with Crippen LogP contribution in [0, 0.1) is 3.57 Å². The Hall–Kier alpha value is -1.80. The third-order valence-corrected chi connectivity index (χ3v) is 3.42. The summed E-state index contributed by atoms with van der Waals surface area (Å²) in [5, 5.41) is 0. The van der Waals surface area contributed by atoms with Crippen LogP contribution in [0.1, 0.15) is 6.92 Å². The van der Waals surface area contributed by atoms with Crippen molar-refractivity contribution in [2.45, 2.75) is 13.0 Å². The van der Waals surface area contributed by atoms with Gasteiger partial charge in [-0.05, 0) is 78.0 Å². The summed E-state index contributed by atoms with van der Waals surface area (Å²) in [7, 11) is 0. The first-order chi connectivity index (χ1) is 10.1. The quantitative estimate of drug-likeness (QED) is 0.352. The molecule has 3 N–H and O–H groups in total. The number of nitrogens with one attached hydrogen (secondary N) is 1. The first kappa shape index (κ1) is 15.6. The molecular weight excluding hydrogens is 383 g/mol. The van der Waals surface area contributed by atoms with Gasteiger partial charge in [-0.25, -0.2) is 5.84 Å². The SMILES string of the molecule is C[C@@H](Oc1ccc(Oc2ccc(I)cc2)cc1)C(=O)NN. The maximum absolute atomic E-state index is 11.3. The van der Waals surface area contributed by atoms with Crippen molar-refractivity contribution >= 4 is 28.5 Å². The molecule has 110 valence electrons. The summed E-state index contributed by atoms with van der Waals surface area (Å²) in [6, 6.07) is 14.8. The van der Waals surface area contributed by atoms with Crippen LogP contribution < -0.4 is 20.7 Å². The number of hydrogen-bond donors (Lipinski definition) is 2. The zero-order valence-electron chi connectivity index (χ0n) is 11.4. The predicted octanol–water partition coefficient (Wildman–Crippen LogP) is 2.84. The van der Waals surface area contributed by atoms with E-state index in [9.17, 15) is 4.79 Å². The van der Waals surface area contributed by atoms with Gasteiger partial charge in [0.15, 0.2) is 6.10 Å². The smallest absolute Gasteiger partial charge is 0.274 e. The lowest BCUT2D eigenvalue weighted by Gasteiger charge is -2.13. The Labute approximate surface area is 136 Å². The van der Waals surface area contributed by atoms with Gasteiger partial charge in [0.05, 0.1) is 0 Å². The van der Waals surface area contributed by atoms with Crippen LogP contribution in [0.25, 0.3) is 0 Å². The van der Waals surface area contributed by atoms with Gasteiger partial charge in [-0.15, -0.1) is 0 Å². The van der Waals surface area contributed by atoms with E-state index < -0.39 is 6.10 Å². The molecule has 0 fully saturated rings. The average molecular weight is 398 g/mol. The van der Waals surface area contributed by atoms with Gasteiger partial charge in [-0.2, -0.15) is 0 Å². The Morgan fingerprint density at radius 1 is 1.05 bits per heavy atom. The molecule has 0 saturated carbocycles. The molecule has 2 aromatic rings. The molecule has 0 aliphatic rings. The Kier molecular flexibility index (Phi) is 5.40. The number of amides is 1. The second kappa shape index (κ2) is 7.28. The summed E-state index contributed by atoms with van der Waals surface area (Å²) < 4.78 is 12.3. The third-order valence-electron chi connectivity index (χ3n) is 2.70. The number of benzene rings is 2. The summed E-state index contributed by atoms with van der Waals surface area (Å²) in [4.78, 5) is 11.3. The van der Waals surface area contributed by atoms with Crippen LogP contribution in [-0.4, -0.2) is 12.0 Å². The fourth-order valence-electron chi connectivity index (χ4n) is 1.60. The minimum Gasteiger partial charge on any atom is -0.481 e. The Morgan fingerprint density at radius 3 is 2.05 bits per heavy atom. The highest BCUT2D eigenvalue weighted by molar-refractivity contribution is 14.1. The molecule has 0 radical (unpaired) electrons. The van der Waals surface area contributed by atoms with Crippen molar-refractivity contribution in [2.24, 2.45) is 5.84 Å². The highest BCUT2D eigenvalue weighted by atomic mass is 127. The summed E-state index contributed by atoms with van der Waals surface area (Å²) in [6.07, 6.45) is -0.655. The fraction of sp³-hybridized carbons (Fsp3) is 0.133. The Bertz CT molecular complexity index is 599. The van der Waals surface area contributed by atoms with Crippen molar-refractivity contribution < 1.29 is 14.3 Å². The van der Waals surface area contributed by atoms with E-state index in [-0.39, 0.29) is 5.91 Å². The summed E-state index contributed by atoms with van der Waals surface area (Å²) in [5.74, 6) is 6.70. The largest absolute Gasteiger partial charge is 0.481 e. The minimum absolute atomic E-state index is 0.380. The van der Waals surface area contributed by atoms with Gasteiger partial charge >= 0.3 is 0 Å². The lowest BCUT2D eigenvalue weighted by molar-refractivity contribution is -0.127. The monoisotopic (exact) mass is 398 g/mol. The van der Waals surface area contributed by atoms with Gasteiger partial charge in [0.1, 0.15) is 17.2 Å². The number of halogens is 1. The number of carbonyl (C=O) groups is 1. The zero-order chi connectivity index (χ0) is 15.2. The molecule has 0 heterocycles. The zero-order valence-corrected chi connectivity index (χ0v) is 13.5. The molecule has 0 spiro atoms. The van der Waals surface area contributed by atoms with Gasteiger partial charge < -0.3 is 9.47 Å². The van der Waals surface area contributed by atoms with Crippen molar-refractivity contribution in [3.8, 4) is 17.2 Å².